The van der Waals surface area contributed by atoms with E-state index in [4.69, 9.17) is 0 Å². The van der Waals surface area contributed by atoms with Crippen molar-refractivity contribution in [2.24, 2.45) is 0 Å². The maximum absolute atomic E-state index is 15.5. The third kappa shape index (κ3) is 3.41. The van der Waals surface area contributed by atoms with Crippen molar-refractivity contribution in [2.75, 3.05) is 11.4 Å². The lowest BCUT2D eigenvalue weighted by Crippen LogP contribution is -2.69. The van der Waals surface area contributed by atoms with E-state index in [2.05, 4.69) is 39.2 Å². The van der Waals surface area contributed by atoms with Crippen molar-refractivity contribution in [3.05, 3.63) is 42.2 Å². The molecular formula is C24H28FN5O. The molecule has 0 spiro atoms. The number of hydrogen-bond donors (Lipinski definition) is 2. The van der Waals surface area contributed by atoms with E-state index in [1.165, 1.54) is 0 Å². The van der Waals surface area contributed by atoms with Crippen molar-refractivity contribution in [3.8, 4) is 17.0 Å². The van der Waals surface area contributed by atoms with E-state index < -0.39 is 11.7 Å². The molecule has 2 aliphatic heterocycles. The first-order valence-electron chi connectivity index (χ1n) is 10.8. The fraction of sp³-hybridized carbons (Fsp3) is 0.458. The summed E-state index contributed by atoms with van der Waals surface area (Å²) in [4.78, 5) is 6.19. The summed E-state index contributed by atoms with van der Waals surface area (Å²) < 4.78 is 15.5. The second kappa shape index (κ2) is 6.85. The van der Waals surface area contributed by atoms with Gasteiger partial charge in [-0.05, 0) is 70.2 Å². The number of phenols is 1. The number of phenolic OH excluding ortho intramolecular Hbond substituents is 1. The normalized spacial score (nSPS) is 24.4. The van der Waals surface area contributed by atoms with Crippen LogP contribution in [0.1, 0.15) is 39.7 Å². The SMILES string of the molecule is CC1(C)C[C@H](N2CCc3cc(-c4cc5ccncc5cc4O)nnc32)[C@H](F)C(C)(C)N1. The molecule has 2 aliphatic rings. The summed E-state index contributed by atoms with van der Waals surface area (Å²) in [6, 6.07) is 7.24. The van der Waals surface area contributed by atoms with E-state index in [-0.39, 0.29) is 17.3 Å². The van der Waals surface area contributed by atoms with Crippen LogP contribution in [0.3, 0.4) is 0 Å². The van der Waals surface area contributed by atoms with E-state index in [9.17, 15) is 5.11 Å². The van der Waals surface area contributed by atoms with Crippen LogP contribution in [0.2, 0.25) is 0 Å². The predicted octanol–water partition coefficient (Wildman–Crippen LogP) is 4.02. The van der Waals surface area contributed by atoms with Gasteiger partial charge in [0.15, 0.2) is 5.82 Å². The zero-order valence-electron chi connectivity index (χ0n) is 18.4. The molecule has 0 bridgehead atoms. The van der Waals surface area contributed by atoms with E-state index in [1.54, 1.807) is 18.5 Å². The van der Waals surface area contributed by atoms with Crippen LogP contribution in [-0.4, -0.2) is 50.1 Å². The molecule has 3 aromatic rings. The quantitative estimate of drug-likeness (QED) is 0.651. The molecule has 0 radical (unpaired) electrons. The summed E-state index contributed by atoms with van der Waals surface area (Å²) in [5.74, 6) is 0.907. The first-order valence-corrected chi connectivity index (χ1v) is 10.8. The smallest absolute Gasteiger partial charge is 0.154 e. The highest BCUT2D eigenvalue weighted by atomic mass is 19.1. The van der Waals surface area contributed by atoms with Crippen LogP contribution < -0.4 is 10.2 Å². The minimum absolute atomic E-state index is 0.148. The van der Waals surface area contributed by atoms with Gasteiger partial charge in [-0.3, -0.25) is 4.98 Å². The summed E-state index contributed by atoms with van der Waals surface area (Å²) in [7, 11) is 0. The fourth-order valence-electron chi connectivity index (χ4n) is 5.35. The van der Waals surface area contributed by atoms with Crippen molar-refractivity contribution >= 4 is 16.6 Å². The number of hydrogen-bond acceptors (Lipinski definition) is 6. The van der Waals surface area contributed by atoms with Gasteiger partial charge in [-0.15, -0.1) is 10.2 Å². The molecule has 1 aromatic carbocycles. The molecule has 0 amide bonds. The Morgan fingerprint density at radius 2 is 1.94 bits per heavy atom. The van der Waals surface area contributed by atoms with Crippen LogP contribution in [-0.2, 0) is 6.42 Å². The molecule has 2 atom stereocenters. The van der Waals surface area contributed by atoms with Gasteiger partial charge < -0.3 is 15.3 Å². The van der Waals surface area contributed by atoms with Gasteiger partial charge in [0.1, 0.15) is 11.9 Å². The van der Waals surface area contributed by atoms with Crippen LogP contribution in [0.25, 0.3) is 22.0 Å². The standard InChI is InChI=1S/C24H28FN5O/c1-23(2)12-19(21(25)24(3,4)29-23)30-8-6-15-10-18(27-28-22(15)30)17-9-14-5-7-26-13-16(14)11-20(17)31/h5,7,9-11,13,19,21,29,31H,6,8,12H2,1-4H3/t19-,21-/m0/s1. The first kappa shape index (κ1) is 20.1. The topological polar surface area (TPSA) is 74.2 Å². The Bertz CT molecular complexity index is 1160. The summed E-state index contributed by atoms with van der Waals surface area (Å²) in [5.41, 5.74) is 1.52. The highest BCUT2D eigenvalue weighted by molar-refractivity contribution is 5.89. The van der Waals surface area contributed by atoms with Crippen molar-refractivity contribution in [2.45, 2.75) is 63.8 Å². The number of anilines is 1. The van der Waals surface area contributed by atoms with Gasteiger partial charge in [0.05, 0.1) is 11.7 Å². The number of fused-ring (bicyclic) bond motifs is 2. The molecule has 0 unspecified atom stereocenters. The van der Waals surface area contributed by atoms with Crippen molar-refractivity contribution in [1.82, 2.24) is 20.5 Å². The van der Waals surface area contributed by atoms with Gasteiger partial charge in [0.2, 0.25) is 0 Å². The lowest BCUT2D eigenvalue weighted by Gasteiger charge is -2.51. The number of rotatable bonds is 2. The average Bonchev–Trinajstić information content (AvgIpc) is 3.12. The van der Waals surface area contributed by atoms with Crippen LogP contribution in [0, 0.1) is 0 Å². The Balaban J connectivity index is 1.50. The molecule has 1 fully saturated rings. The first-order chi connectivity index (χ1) is 14.6. The Morgan fingerprint density at radius 1 is 1.13 bits per heavy atom. The third-order valence-corrected chi connectivity index (χ3v) is 6.58. The third-order valence-electron chi connectivity index (χ3n) is 6.58. The van der Waals surface area contributed by atoms with Crippen molar-refractivity contribution < 1.29 is 9.50 Å². The van der Waals surface area contributed by atoms with Crippen LogP contribution in [0.4, 0.5) is 10.2 Å². The lowest BCUT2D eigenvalue weighted by atomic mass is 9.77. The van der Waals surface area contributed by atoms with Gasteiger partial charge in [0, 0.05) is 46.5 Å². The van der Waals surface area contributed by atoms with Gasteiger partial charge in [-0.25, -0.2) is 4.39 Å². The minimum Gasteiger partial charge on any atom is -0.507 e. The van der Waals surface area contributed by atoms with Gasteiger partial charge in [0.25, 0.3) is 0 Å². The van der Waals surface area contributed by atoms with Crippen molar-refractivity contribution in [3.63, 3.8) is 0 Å². The molecule has 6 nitrogen and oxygen atoms in total. The number of aromatic nitrogens is 3. The Hall–Kier alpha value is -2.80. The number of benzene rings is 1. The van der Waals surface area contributed by atoms with E-state index in [0.29, 0.717) is 17.7 Å². The number of aromatic hydroxyl groups is 1. The maximum Gasteiger partial charge on any atom is 0.154 e. The Labute approximate surface area is 181 Å². The van der Waals surface area contributed by atoms with Gasteiger partial charge in [-0.2, -0.15) is 0 Å². The molecule has 2 N–H and O–H groups in total. The summed E-state index contributed by atoms with van der Waals surface area (Å²) in [6.45, 7) is 8.82. The molecule has 4 heterocycles. The monoisotopic (exact) mass is 421 g/mol. The predicted molar refractivity (Wildman–Crippen MR) is 120 cm³/mol. The zero-order chi connectivity index (χ0) is 22.0. The average molecular weight is 422 g/mol. The molecule has 162 valence electrons. The van der Waals surface area contributed by atoms with Crippen LogP contribution in [0.15, 0.2) is 36.7 Å². The molecule has 0 saturated carbocycles. The number of alkyl halides is 1. The second-order valence-electron chi connectivity index (χ2n) is 10.0. The molecular weight excluding hydrogens is 393 g/mol. The molecule has 5 rings (SSSR count). The number of halogens is 1. The van der Waals surface area contributed by atoms with Gasteiger partial charge >= 0.3 is 0 Å². The highest BCUT2D eigenvalue weighted by Gasteiger charge is 2.49. The maximum atomic E-state index is 15.5. The van der Waals surface area contributed by atoms with Crippen LogP contribution >= 0.6 is 0 Å². The summed E-state index contributed by atoms with van der Waals surface area (Å²) >= 11 is 0. The molecule has 1 saturated heterocycles. The van der Waals surface area contributed by atoms with Crippen molar-refractivity contribution in [1.29, 1.82) is 0 Å². The molecule has 7 heteroatoms. The van der Waals surface area contributed by atoms with E-state index in [1.807, 2.05) is 32.0 Å². The number of pyridine rings is 1. The summed E-state index contributed by atoms with van der Waals surface area (Å²) in [6.07, 6.45) is 3.91. The molecule has 31 heavy (non-hydrogen) atoms. The summed E-state index contributed by atoms with van der Waals surface area (Å²) in [5, 5.41) is 24.8. The largest absolute Gasteiger partial charge is 0.507 e. The van der Waals surface area contributed by atoms with Gasteiger partial charge in [-0.1, -0.05) is 0 Å². The zero-order valence-corrected chi connectivity index (χ0v) is 18.4. The minimum atomic E-state index is -1.02. The van der Waals surface area contributed by atoms with E-state index >= 15 is 4.39 Å². The number of piperidine rings is 1. The lowest BCUT2D eigenvalue weighted by molar-refractivity contribution is 0.0555. The highest BCUT2D eigenvalue weighted by Crippen LogP contribution is 2.40. The fourth-order valence-corrected chi connectivity index (χ4v) is 5.35. The molecule has 2 aromatic heterocycles. The van der Waals surface area contributed by atoms with Crippen LogP contribution in [0.5, 0.6) is 5.75 Å². The Kier molecular flexibility index (Phi) is 4.45. The Morgan fingerprint density at radius 3 is 2.74 bits per heavy atom. The number of nitrogens with zero attached hydrogens (tertiary/aromatic N) is 4. The molecule has 0 aliphatic carbocycles. The van der Waals surface area contributed by atoms with E-state index in [0.717, 1.165) is 35.1 Å². The second-order valence-corrected chi connectivity index (χ2v) is 10.0. The number of nitrogens with one attached hydrogen (secondary N) is 1.